The molecule has 0 aromatic rings. The summed E-state index contributed by atoms with van der Waals surface area (Å²) in [7, 11) is 0. The number of allylic oxidation sites excluding steroid dienone is 1. The summed E-state index contributed by atoms with van der Waals surface area (Å²) >= 11 is 0. The number of fused-ring (bicyclic) bond motifs is 1. The lowest BCUT2D eigenvalue weighted by atomic mass is 9.58. The van der Waals surface area contributed by atoms with Gasteiger partial charge >= 0.3 is 6.92 Å². The molecular weight excluding hydrogens is 243 g/mol. The van der Waals surface area contributed by atoms with E-state index in [0.717, 1.165) is 31.2 Å². The largest absolute Gasteiger partial charge is 0.426 e. The summed E-state index contributed by atoms with van der Waals surface area (Å²) in [6.45, 7) is 1.66. The zero-order valence-electron chi connectivity index (χ0n) is 11.3. The Morgan fingerprint density at radius 3 is 3.16 bits per heavy atom. The van der Waals surface area contributed by atoms with Crippen LogP contribution >= 0.6 is 0 Å². The number of carbonyl (C=O) groups excluding carboxylic acids is 2. The third kappa shape index (κ3) is 3.91. The monoisotopic (exact) mass is 264 g/mol. The average Bonchev–Trinajstić information content (AvgIpc) is 2.77. The van der Waals surface area contributed by atoms with Gasteiger partial charge in [-0.1, -0.05) is 5.98 Å². The van der Waals surface area contributed by atoms with Crippen LogP contribution in [0.15, 0.2) is 11.7 Å². The zero-order chi connectivity index (χ0) is 13.8. The van der Waals surface area contributed by atoms with Gasteiger partial charge < -0.3 is 20.5 Å². The van der Waals surface area contributed by atoms with Crippen LogP contribution in [-0.2, 0) is 14.2 Å². The maximum absolute atomic E-state index is 11.1. The molecular formula is C13H21BN2O3. The van der Waals surface area contributed by atoms with Gasteiger partial charge in [0, 0.05) is 24.2 Å². The topological polar surface area (TPSA) is 81.4 Å². The zero-order valence-corrected chi connectivity index (χ0v) is 11.3. The molecule has 104 valence electrons. The molecule has 2 aliphatic heterocycles. The van der Waals surface area contributed by atoms with Crippen molar-refractivity contribution in [3.8, 4) is 0 Å². The summed E-state index contributed by atoms with van der Waals surface area (Å²) < 4.78 is 5.92. The first-order chi connectivity index (χ1) is 9.08. The number of nitrogens with two attached hydrogens (primary N) is 1. The smallest absolute Gasteiger partial charge is 0.344 e. The highest BCUT2D eigenvalue weighted by molar-refractivity contribution is 6.60. The Bertz CT molecular complexity index is 386. The molecule has 6 heteroatoms. The van der Waals surface area contributed by atoms with Gasteiger partial charge in [-0.05, 0) is 32.6 Å². The van der Waals surface area contributed by atoms with Crippen molar-refractivity contribution in [2.75, 3.05) is 0 Å². The second-order valence-electron chi connectivity index (χ2n) is 5.49. The first-order valence-corrected chi connectivity index (χ1v) is 6.91. The standard InChI is InChI=1S/C13H21BN2O3/c1-9(18)6-12-4-5-13-14(19-12)7-11(16-13)3-2-10(15)8-17/h7-8,10,12-13,16H,2-6,15H2,1H3. The number of aldehydes is 1. The van der Waals surface area contributed by atoms with Gasteiger partial charge in [0.05, 0.1) is 6.04 Å². The second kappa shape index (κ2) is 6.35. The number of hydrogen-bond acceptors (Lipinski definition) is 5. The van der Waals surface area contributed by atoms with Gasteiger partial charge in [-0.25, -0.2) is 0 Å². The molecule has 1 saturated heterocycles. The van der Waals surface area contributed by atoms with Crippen molar-refractivity contribution in [1.29, 1.82) is 0 Å². The van der Waals surface area contributed by atoms with Crippen molar-refractivity contribution in [2.24, 2.45) is 5.73 Å². The Morgan fingerprint density at radius 1 is 1.68 bits per heavy atom. The fraction of sp³-hybridized carbons (Fsp3) is 0.692. The summed E-state index contributed by atoms with van der Waals surface area (Å²) in [5.74, 6) is 2.57. The van der Waals surface area contributed by atoms with E-state index in [1.54, 1.807) is 6.92 Å². The van der Waals surface area contributed by atoms with Crippen molar-refractivity contribution in [1.82, 2.24) is 5.32 Å². The number of hydrogen-bond donors (Lipinski definition) is 2. The Morgan fingerprint density at radius 2 is 2.47 bits per heavy atom. The summed E-state index contributed by atoms with van der Waals surface area (Å²) in [5.41, 5.74) is 6.69. The Labute approximate surface area is 114 Å². The molecule has 2 aliphatic rings. The Hall–Kier alpha value is -1.14. The fourth-order valence-corrected chi connectivity index (χ4v) is 2.73. The number of Topliss-reactive ketones (excluding diaryl/α,β-unsaturated/α-hetero) is 1. The Balaban J connectivity index is 1.84. The minimum absolute atomic E-state index is 0.0494. The summed E-state index contributed by atoms with van der Waals surface area (Å²) in [5, 5.41) is 3.43. The number of ketones is 1. The van der Waals surface area contributed by atoms with E-state index in [0.29, 0.717) is 18.8 Å². The van der Waals surface area contributed by atoms with Gasteiger partial charge in [-0.3, -0.25) is 4.79 Å². The first kappa shape index (κ1) is 14.3. The van der Waals surface area contributed by atoms with Crippen molar-refractivity contribution >= 4 is 19.0 Å². The number of nitrogens with one attached hydrogen (secondary N) is 1. The van der Waals surface area contributed by atoms with Crippen LogP contribution in [0.25, 0.3) is 0 Å². The summed E-state index contributed by atoms with van der Waals surface area (Å²) in [6.07, 6.45) is 4.69. The van der Waals surface area contributed by atoms with Crippen molar-refractivity contribution in [2.45, 2.75) is 57.1 Å². The average molecular weight is 264 g/mol. The minimum atomic E-state index is -0.392. The summed E-state index contributed by atoms with van der Waals surface area (Å²) in [4.78, 5) is 21.6. The molecule has 0 radical (unpaired) electrons. The summed E-state index contributed by atoms with van der Waals surface area (Å²) in [6, 6.07) is -0.392. The normalized spacial score (nSPS) is 27.3. The second-order valence-corrected chi connectivity index (χ2v) is 5.49. The van der Waals surface area contributed by atoms with Gasteiger partial charge in [0.15, 0.2) is 0 Å². The lowest BCUT2D eigenvalue weighted by Crippen LogP contribution is -2.45. The van der Waals surface area contributed by atoms with Gasteiger partial charge in [0.25, 0.3) is 0 Å². The van der Waals surface area contributed by atoms with E-state index in [-0.39, 0.29) is 18.8 Å². The molecule has 0 aliphatic carbocycles. The van der Waals surface area contributed by atoms with Crippen LogP contribution in [-0.4, -0.2) is 37.1 Å². The van der Waals surface area contributed by atoms with Gasteiger partial charge in [-0.15, -0.1) is 0 Å². The molecule has 19 heavy (non-hydrogen) atoms. The van der Waals surface area contributed by atoms with Crippen molar-refractivity contribution in [3.05, 3.63) is 11.7 Å². The third-order valence-corrected chi connectivity index (χ3v) is 3.72. The lowest BCUT2D eigenvalue weighted by Gasteiger charge is -2.30. The SMILES string of the molecule is CC(=O)CC1CCC2NC(CCC(N)C=O)=CB2O1. The van der Waals surface area contributed by atoms with Crippen molar-refractivity contribution in [3.63, 3.8) is 0 Å². The first-order valence-electron chi connectivity index (χ1n) is 6.91. The van der Waals surface area contributed by atoms with Gasteiger partial charge in [0.2, 0.25) is 0 Å². The molecule has 1 fully saturated rings. The molecule has 3 unspecified atom stereocenters. The Kier molecular flexibility index (Phi) is 4.77. The third-order valence-electron chi connectivity index (χ3n) is 3.72. The molecule has 0 spiro atoms. The van der Waals surface area contributed by atoms with E-state index >= 15 is 0 Å². The fourth-order valence-electron chi connectivity index (χ4n) is 2.73. The van der Waals surface area contributed by atoms with Crippen LogP contribution < -0.4 is 11.1 Å². The lowest BCUT2D eigenvalue weighted by molar-refractivity contribution is -0.118. The van der Waals surface area contributed by atoms with Crippen LogP contribution in [0, 0.1) is 0 Å². The van der Waals surface area contributed by atoms with Crippen molar-refractivity contribution < 1.29 is 14.2 Å². The van der Waals surface area contributed by atoms with E-state index in [2.05, 4.69) is 11.3 Å². The minimum Gasteiger partial charge on any atom is -0.426 e. The molecule has 0 saturated carbocycles. The van der Waals surface area contributed by atoms with Crippen LogP contribution in [0.2, 0.25) is 0 Å². The maximum Gasteiger partial charge on any atom is 0.344 e. The van der Waals surface area contributed by atoms with Crippen LogP contribution in [0.5, 0.6) is 0 Å². The molecule has 0 aromatic carbocycles. The van der Waals surface area contributed by atoms with Gasteiger partial charge in [0.1, 0.15) is 12.1 Å². The van der Waals surface area contributed by atoms with E-state index in [1.165, 1.54) is 0 Å². The molecule has 5 nitrogen and oxygen atoms in total. The van der Waals surface area contributed by atoms with E-state index < -0.39 is 6.04 Å². The molecule has 2 rings (SSSR count). The predicted octanol–water partition coefficient (Wildman–Crippen LogP) is 0.377. The molecule has 3 N–H and O–H groups in total. The highest BCUT2D eigenvalue weighted by Crippen LogP contribution is 2.26. The highest BCUT2D eigenvalue weighted by atomic mass is 16.4. The molecule has 0 bridgehead atoms. The predicted molar refractivity (Wildman–Crippen MR) is 73.4 cm³/mol. The maximum atomic E-state index is 11.1. The molecule has 3 atom stereocenters. The van der Waals surface area contributed by atoms with E-state index in [4.69, 9.17) is 10.4 Å². The van der Waals surface area contributed by atoms with Crippen LogP contribution in [0.4, 0.5) is 0 Å². The number of rotatable bonds is 6. The molecule has 2 heterocycles. The van der Waals surface area contributed by atoms with Gasteiger partial charge in [-0.2, -0.15) is 0 Å². The quantitative estimate of drug-likeness (QED) is 0.535. The highest BCUT2D eigenvalue weighted by Gasteiger charge is 2.38. The number of carbonyl (C=O) groups is 2. The molecule has 0 aromatic heterocycles. The van der Waals surface area contributed by atoms with Crippen LogP contribution in [0.1, 0.15) is 39.0 Å². The van der Waals surface area contributed by atoms with E-state index in [1.807, 2.05) is 0 Å². The van der Waals surface area contributed by atoms with E-state index in [9.17, 15) is 9.59 Å². The molecule has 0 amide bonds. The van der Waals surface area contributed by atoms with Crippen LogP contribution in [0.3, 0.4) is 0 Å².